The van der Waals surface area contributed by atoms with Gasteiger partial charge in [-0.15, -0.1) is 0 Å². The molecule has 0 N–H and O–H groups in total. The molecule has 1 aromatic carbocycles. The highest BCUT2D eigenvalue weighted by atomic mass is 127. The van der Waals surface area contributed by atoms with Crippen LogP contribution in [0.1, 0.15) is 12.0 Å². The van der Waals surface area contributed by atoms with Gasteiger partial charge in [-0.1, -0.05) is 40.3 Å². The van der Waals surface area contributed by atoms with Gasteiger partial charge in [0, 0.05) is 3.92 Å². The number of hydrogen-bond acceptors (Lipinski definition) is 4. The molecule has 0 heterocycles. The van der Waals surface area contributed by atoms with Crippen molar-refractivity contribution in [2.24, 2.45) is 5.41 Å². The first-order valence-corrected chi connectivity index (χ1v) is 8.06. The summed E-state index contributed by atoms with van der Waals surface area (Å²) < 4.78 is 29.0. The van der Waals surface area contributed by atoms with Crippen LogP contribution >= 0.6 is 22.6 Å². The van der Waals surface area contributed by atoms with Gasteiger partial charge in [0.2, 0.25) is 0 Å². The number of rotatable bonds is 4. The largest absolute Gasteiger partial charge is 0.297 e. The quantitative estimate of drug-likeness (QED) is 0.459. The van der Waals surface area contributed by atoms with E-state index in [-0.39, 0.29) is 15.4 Å². The highest BCUT2D eigenvalue weighted by Gasteiger charge is 2.54. The molecule has 0 amide bonds. The van der Waals surface area contributed by atoms with Crippen LogP contribution in [0.15, 0.2) is 29.2 Å². The molecule has 0 aromatic heterocycles. The van der Waals surface area contributed by atoms with Crippen LogP contribution in [0.5, 0.6) is 0 Å². The summed E-state index contributed by atoms with van der Waals surface area (Å²) in [6.45, 7) is 1.82. The van der Waals surface area contributed by atoms with Gasteiger partial charge in [-0.3, -0.25) is 4.18 Å². The molecule has 2 atom stereocenters. The fourth-order valence-corrected chi connectivity index (χ4v) is 3.59. The molecule has 0 spiro atoms. The standard InChI is InChI=1S/C12H12INO3S/c1-9-2-4-10(5-3-9)18(15,16)17-8-12(7-14)6-11(12)13/h2-5,11H,6,8H2,1H3. The second-order valence-corrected chi connectivity index (χ2v) is 7.59. The predicted molar refractivity (Wildman–Crippen MR) is 74.8 cm³/mol. The molecule has 1 aliphatic rings. The molecule has 1 fully saturated rings. The Morgan fingerprint density at radius 1 is 1.50 bits per heavy atom. The van der Waals surface area contributed by atoms with Crippen LogP contribution < -0.4 is 0 Å². The molecule has 0 bridgehead atoms. The first-order valence-electron chi connectivity index (χ1n) is 5.41. The lowest BCUT2D eigenvalue weighted by molar-refractivity contribution is 0.275. The third kappa shape index (κ3) is 2.68. The Balaban J connectivity index is 2.09. The van der Waals surface area contributed by atoms with E-state index in [4.69, 9.17) is 9.44 Å². The smallest absolute Gasteiger partial charge is 0.265 e. The number of nitrogens with zero attached hydrogens (tertiary/aromatic N) is 1. The number of alkyl halides is 1. The molecule has 1 aromatic rings. The molecule has 1 saturated carbocycles. The monoisotopic (exact) mass is 377 g/mol. The molecule has 2 rings (SSSR count). The lowest BCUT2D eigenvalue weighted by Crippen LogP contribution is -2.16. The van der Waals surface area contributed by atoms with Crippen LogP contribution in [-0.4, -0.2) is 18.9 Å². The van der Waals surface area contributed by atoms with E-state index in [1.54, 1.807) is 12.1 Å². The van der Waals surface area contributed by atoms with Crippen LogP contribution in [0.2, 0.25) is 0 Å². The van der Waals surface area contributed by atoms with Crippen LogP contribution in [-0.2, 0) is 14.3 Å². The van der Waals surface area contributed by atoms with Crippen LogP contribution in [0.25, 0.3) is 0 Å². The minimum atomic E-state index is -3.76. The molecule has 0 saturated heterocycles. The van der Waals surface area contributed by atoms with Crippen LogP contribution in [0.3, 0.4) is 0 Å². The average Bonchev–Trinajstić information content (AvgIpc) is 2.99. The zero-order valence-electron chi connectivity index (χ0n) is 9.76. The van der Waals surface area contributed by atoms with Gasteiger partial charge in [-0.25, -0.2) is 0 Å². The normalized spacial score (nSPS) is 26.6. The van der Waals surface area contributed by atoms with Gasteiger partial charge in [0.25, 0.3) is 10.1 Å². The highest BCUT2D eigenvalue weighted by Crippen LogP contribution is 2.51. The lowest BCUT2D eigenvalue weighted by atomic mass is 10.2. The maximum Gasteiger partial charge on any atom is 0.297 e. The number of hydrogen-bond donors (Lipinski definition) is 0. The maximum atomic E-state index is 11.9. The van der Waals surface area contributed by atoms with Gasteiger partial charge in [-0.2, -0.15) is 13.7 Å². The van der Waals surface area contributed by atoms with E-state index in [9.17, 15) is 8.42 Å². The second kappa shape index (κ2) is 4.79. The Morgan fingerprint density at radius 3 is 2.50 bits per heavy atom. The van der Waals surface area contributed by atoms with Gasteiger partial charge < -0.3 is 0 Å². The Bertz CT molecular complexity index is 591. The minimum absolute atomic E-state index is 0.0622. The van der Waals surface area contributed by atoms with Gasteiger partial charge in [0.15, 0.2) is 0 Å². The summed E-state index contributed by atoms with van der Waals surface area (Å²) in [4.78, 5) is 0.131. The van der Waals surface area contributed by atoms with Crippen molar-refractivity contribution in [2.45, 2.75) is 22.2 Å². The molecule has 1 aliphatic carbocycles. The third-order valence-electron chi connectivity index (χ3n) is 2.99. The zero-order valence-corrected chi connectivity index (χ0v) is 12.7. The molecule has 4 nitrogen and oxygen atoms in total. The third-order valence-corrected chi connectivity index (χ3v) is 5.90. The number of halogens is 1. The number of benzene rings is 1. The maximum absolute atomic E-state index is 11.9. The van der Waals surface area contributed by atoms with E-state index < -0.39 is 15.5 Å². The topological polar surface area (TPSA) is 67.2 Å². The molecular formula is C12H12INO3S. The van der Waals surface area contributed by atoms with Crippen LogP contribution in [0.4, 0.5) is 0 Å². The summed E-state index contributed by atoms with van der Waals surface area (Å²) in [5.41, 5.74) is 0.357. The highest BCUT2D eigenvalue weighted by molar-refractivity contribution is 14.1. The van der Waals surface area contributed by atoms with Crippen molar-refractivity contribution >= 4 is 32.7 Å². The van der Waals surface area contributed by atoms with E-state index in [2.05, 4.69) is 28.7 Å². The van der Waals surface area contributed by atoms with Crippen molar-refractivity contribution in [2.75, 3.05) is 6.61 Å². The molecule has 2 unspecified atom stereocenters. The molecule has 6 heteroatoms. The van der Waals surface area contributed by atoms with Crippen molar-refractivity contribution < 1.29 is 12.6 Å². The van der Waals surface area contributed by atoms with Crippen molar-refractivity contribution in [3.8, 4) is 6.07 Å². The van der Waals surface area contributed by atoms with E-state index in [0.29, 0.717) is 6.42 Å². The average molecular weight is 377 g/mol. The fourth-order valence-electron chi connectivity index (χ4n) is 1.51. The summed E-state index contributed by atoms with van der Waals surface area (Å²) in [6, 6.07) is 8.60. The van der Waals surface area contributed by atoms with E-state index in [1.807, 2.05) is 6.92 Å². The summed E-state index contributed by atoms with van der Waals surface area (Å²) in [6.07, 6.45) is 0.688. The summed E-state index contributed by atoms with van der Waals surface area (Å²) in [5, 5.41) is 9.00. The predicted octanol–water partition coefficient (Wildman–Crippen LogP) is 2.42. The van der Waals surface area contributed by atoms with Gasteiger partial charge in [-0.05, 0) is 25.5 Å². The molecule has 96 valence electrons. The summed E-state index contributed by atoms with van der Waals surface area (Å²) in [5.74, 6) is 0. The Hall–Kier alpha value is -0.650. The molecule has 0 aliphatic heterocycles. The molecule has 18 heavy (non-hydrogen) atoms. The fraction of sp³-hybridized carbons (Fsp3) is 0.417. The van der Waals surface area contributed by atoms with Crippen molar-refractivity contribution in [3.63, 3.8) is 0 Å². The van der Waals surface area contributed by atoms with Crippen molar-refractivity contribution in [3.05, 3.63) is 29.8 Å². The van der Waals surface area contributed by atoms with E-state index in [0.717, 1.165) is 5.56 Å². The number of nitriles is 1. The Morgan fingerprint density at radius 2 is 2.06 bits per heavy atom. The van der Waals surface area contributed by atoms with Gasteiger partial charge >= 0.3 is 0 Å². The number of aryl methyl sites for hydroxylation is 1. The van der Waals surface area contributed by atoms with Crippen molar-refractivity contribution in [1.29, 1.82) is 5.26 Å². The van der Waals surface area contributed by atoms with Crippen molar-refractivity contribution in [1.82, 2.24) is 0 Å². The van der Waals surface area contributed by atoms with Gasteiger partial charge in [0.05, 0.1) is 23.0 Å². The molecular weight excluding hydrogens is 365 g/mol. The minimum Gasteiger partial charge on any atom is -0.265 e. The second-order valence-electron chi connectivity index (χ2n) is 4.47. The Kier molecular flexibility index (Phi) is 3.67. The van der Waals surface area contributed by atoms with E-state index >= 15 is 0 Å². The lowest BCUT2D eigenvalue weighted by Gasteiger charge is -2.08. The van der Waals surface area contributed by atoms with E-state index in [1.165, 1.54) is 12.1 Å². The summed E-state index contributed by atoms with van der Waals surface area (Å²) >= 11 is 2.14. The first-order chi connectivity index (χ1) is 8.39. The SMILES string of the molecule is Cc1ccc(S(=O)(=O)OCC2(C#N)CC2I)cc1. The van der Waals surface area contributed by atoms with Crippen LogP contribution in [0, 0.1) is 23.7 Å². The Labute approximate surface area is 120 Å². The summed E-state index contributed by atoms with van der Waals surface area (Å²) in [7, 11) is -3.76. The first kappa shape index (κ1) is 13.8. The van der Waals surface area contributed by atoms with Gasteiger partial charge in [0.1, 0.15) is 0 Å². The molecule has 0 radical (unpaired) electrons. The zero-order chi connectivity index (χ0) is 13.4.